The van der Waals surface area contributed by atoms with E-state index >= 15 is 0 Å². The van der Waals surface area contributed by atoms with Gasteiger partial charge >= 0.3 is 6.61 Å². The van der Waals surface area contributed by atoms with Crippen LogP contribution in [-0.4, -0.2) is 25.3 Å². The Balaban J connectivity index is 1.78. The van der Waals surface area contributed by atoms with Crippen LogP contribution < -0.4 is 14.9 Å². The average molecular weight is 369 g/mol. The molecule has 0 heterocycles. The van der Waals surface area contributed by atoms with Crippen molar-refractivity contribution in [2.24, 2.45) is 5.10 Å². The fraction of sp³-hybridized carbons (Fsp3) is 0.176. The Morgan fingerprint density at radius 1 is 1.24 bits per heavy atom. The molecule has 1 N–H and O–H groups in total. The fourth-order valence-corrected chi connectivity index (χ4v) is 1.92. The smallest absolute Gasteiger partial charge is 0.387 e. The molecule has 8 heteroatoms. The first kappa shape index (κ1) is 18.7. The first-order valence-electron chi connectivity index (χ1n) is 7.20. The number of carbonyl (C=O) groups is 1. The van der Waals surface area contributed by atoms with Crippen molar-refractivity contribution in [3.8, 4) is 11.5 Å². The number of rotatable bonds is 7. The summed E-state index contributed by atoms with van der Waals surface area (Å²) in [4.78, 5) is 11.7. The Labute approximate surface area is 148 Å². The number of benzene rings is 2. The van der Waals surface area contributed by atoms with Crippen LogP contribution in [0.4, 0.5) is 8.78 Å². The van der Waals surface area contributed by atoms with E-state index < -0.39 is 12.5 Å². The summed E-state index contributed by atoms with van der Waals surface area (Å²) in [6.45, 7) is -1.25. The van der Waals surface area contributed by atoms with E-state index in [1.807, 2.05) is 6.92 Å². The second kappa shape index (κ2) is 8.98. The molecule has 25 heavy (non-hydrogen) atoms. The molecule has 0 aliphatic carbocycles. The van der Waals surface area contributed by atoms with Gasteiger partial charge in [-0.3, -0.25) is 4.79 Å². The van der Waals surface area contributed by atoms with E-state index in [1.54, 1.807) is 18.2 Å². The van der Waals surface area contributed by atoms with Crippen molar-refractivity contribution in [3.63, 3.8) is 0 Å². The van der Waals surface area contributed by atoms with E-state index in [-0.39, 0.29) is 12.4 Å². The molecule has 2 rings (SSSR count). The Kier molecular flexibility index (Phi) is 6.71. The zero-order valence-electron chi connectivity index (χ0n) is 13.2. The topological polar surface area (TPSA) is 59.9 Å². The quantitative estimate of drug-likeness (QED) is 0.597. The largest absolute Gasteiger partial charge is 0.484 e. The number of hydrogen-bond acceptors (Lipinski definition) is 4. The summed E-state index contributed by atoms with van der Waals surface area (Å²) in [7, 11) is 0. The molecule has 0 aromatic heterocycles. The van der Waals surface area contributed by atoms with Crippen molar-refractivity contribution in [1.82, 2.24) is 5.43 Å². The number of carbonyl (C=O) groups excluding carboxylic acids is 1. The van der Waals surface area contributed by atoms with Gasteiger partial charge in [0.05, 0.1) is 6.21 Å². The predicted molar refractivity (Wildman–Crippen MR) is 90.5 cm³/mol. The molecule has 1 amide bonds. The van der Waals surface area contributed by atoms with Crippen LogP contribution in [0.25, 0.3) is 0 Å². The van der Waals surface area contributed by atoms with Crippen LogP contribution in [0.5, 0.6) is 11.5 Å². The molecule has 0 aliphatic heterocycles. The highest BCUT2D eigenvalue weighted by Crippen LogP contribution is 2.20. The first-order chi connectivity index (χ1) is 11.9. The molecule has 0 aliphatic rings. The first-order valence-corrected chi connectivity index (χ1v) is 7.57. The van der Waals surface area contributed by atoms with Crippen molar-refractivity contribution >= 4 is 23.7 Å². The summed E-state index contributed by atoms with van der Waals surface area (Å²) < 4.78 is 33.6. The van der Waals surface area contributed by atoms with E-state index in [2.05, 4.69) is 15.3 Å². The minimum atomic E-state index is -2.87. The number of nitrogens with one attached hydrogen (secondary N) is 1. The average Bonchev–Trinajstić information content (AvgIpc) is 2.57. The monoisotopic (exact) mass is 368 g/mol. The molecule has 0 spiro atoms. The van der Waals surface area contributed by atoms with Gasteiger partial charge in [-0.15, -0.1) is 0 Å². The number of halogens is 3. The second-order valence-electron chi connectivity index (χ2n) is 4.94. The summed E-state index contributed by atoms with van der Waals surface area (Å²) >= 11 is 5.91. The van der Waals surface area contributed by atoms with Crippen molar-refractivity contribution in [1.29, 1.82) is 0 Å². The second-order valence-corrected chi connectivity index (χ2v) is 5.35. The molecule has 132 valence electrons. The van der Waals surface area contributed by atoms with Crippen molar-refractivity contribution in [3.05, 3.63) is 58.6 Å². The summed E-state index contributed by atoms with van der Waals surface area (Å²) in [5.74, 6) is 0.125. The van der Waals surface area contributed by atoms with E-state index in [0.29, 0.717) is 16.3 Å². The van der Waals surface area contributed by atoms with E-state index in [9.17, 15) is 13.6 Å². The maximum absolute atomic E-state index is 12.0. The Hall–Kier alpha value is -2.67. The summed E-state index contributed by atoms with van der Waals surface area (Å²) in [6.07, 6.45) is 1.37. The maximum atomic E-state index is 12.0. The molecular formula is C17H15ClF2N2O3. The number of alkyl halides is 2. The maximum Gasteiger partial charge on any atom is 0.387 e. The molecule has 0 fully saturated rings. The van der Waals surface area contributed by atoms with Gasteiger partial charge in [-0.25, -0.2) is 5.43 Å². The number of amides is 1. The number of hydrazone groups is 1. The molecular weight excluding hydrogens is 354 g/mol. The van der Waals surface area contributed by atoms with Crippen LogP contribution in [0.1, 0.15) is 11.1 Å². The number of hydrogen-bond donors (Lipinski definition) is 1. The van der Waals surface area contributed by atoms with E-state index in [4.69, 9.17) is 16.3 Å². The Bertz CT molecular complexity index is 752. The van der Waals surface area contributed by atoms with Gasteiger partial charge in [0.2, 0.25) is 0 Å². The third-order valence-corrected chi connectivity index (χ3v) is 3.43. The minimum absolute atomic E-state index is 0.0443. The number of nitrogens with zero attached hydrogens (tertiary/aromatic N) is 1. The summed E-state index contributed by atoms with van der Waals surface area (Å²) in [5, 5.41) is 4.38. The fourth-order valence-electron chi connectivity index (χ4n) is 1.80. The summed E-state index contributed by atoms with van der Waals surface area (Å²) in [5.41, 5.74) is 3.75. The lowest BCUT2D eigenvalue weighted by atomic mass is 10.2. The zero-order chi connectivity index (χ0) is 18.2. The molecule has 0 saturated carbocycles. The molecule has 0 bridgehead atoms. The lowest BCUT2D eigenvalue weighted by Crippen LogP contribution is -2.24. The van der Waals surface area contributed by atoms with Crippen LogP contribution >= 0.6 is 11.6 Å². The Morgan fingerprint density at radius 2 is 1.92 bits per heavy atom. The highest BCUT2D eigenvalue weighted by Gasteiger charge is 2.04. The zero-order valence-corrected chi connectivity index (χ0v) is 14.0. The molecule has 0 atom stereocenters. The molecule has 2 aromatic carbocycles. The molecule has 2 aromatic rings. The van der Waals surface area contributed by atoms with Crippen LogP contribution in [-0.2, 0) is 4.79 Å². The van der Waals surface area contributed by atoms with E-state index in [0.717, 1.165) is 5.56 Å². The molecule has 0 unspecified atom stereocenters. The van der Waals surface area contributed by atoms with Crippen molar-refractivity contribution in [2.45, 2.75) is 13.5 Å². The van der Waals surface area contributed by atoms with Gasteiger partial charge in [-0.1, -0.05) is 11.6 Å². The Morgan fingerprint density at radius 3 is 2.56 bits per heavy atom. The van der Waals surface area contributed by atoms with Gasteiger partial charge in [0.25, 0.3) is 5.91 Å². The normalized spacial score (nSPS) is 10.9. The lowest BCUT2D eigenvalue weighted by molar-refractivity contribution is -0.123. The van der Waals surface area contributed by atoms with Crippen LogP contribution in [0.2, 0.25) is 5.02 Å². The number of ether oxygens (including phenoxy) is 2. The van der Waals surface area contributed by atoms with Crippen molar-refractivity contribution in [2.75, 3.05) is 6.61 Å². The van der Waals surface area contributed by atoms with Gasteiger partial charge in [-0.2, -0.15) is 13.9 Å². The third kappa shape index (κ3) is 6.39. The third-order valence-electron chi connectivity index (χ3n) is 3.01. The van der Waals surface area contributed by atoms with Crippen LogP contribution in [0.3, 0.4) is 0 Å². The lowest BCUT2D eigenvalue weighted by Gasteiger charge is -2.06. The van der Waals surface area contributed by atoms with Gasteiger partial charge < -0.3 is 9.47 Å². The minimum Gasteiger partial charge on any atom is -0.484 e. The van der Waals surface area contributed by atoms with Gasteiger partial charge in [0.15, 0.2) is 6.61 Å². The predicted octanol–water partition coefficient (Wildman–Crippen LogP) is 3.78. The number of aryl methyl sites for hydroxylation is 1. The molecule has 0 saturated heterocycles. The van der Waals surface area contributed by atoms with E-state index in [1.165, 1.54) is 30.5 Å². The highest BCUT2D eigenvalue weighted by atomic mass is 35.5. The molecule has 5 nitrogen and oxygen atoms in total. The molecule has 0 radical (unpaired) electrons. The summed E-state index contributed by atoms with van der Waals surface area (Å²) in [6, 6.07) is 10.9. The van der Waals surface area contributed by atoms with Crippen molar-refractivity contribution < 1.29 is 23.0 Å². The highest BCUT2D eigenvalue weighted by molar-refractivity contribution is 6.31. The van der Waals surface area contributed by atoms with Gasteiger partial charge in [-0.05, 0) is 60.5 Å². The van der Waals surface area contributed by atoms with Crippen LogP contribution in [0.15, 0.2) is 47.6 Å². The van der Waals surface area contributed by atoms with Gasteiger partial charge in [0.1, 0.15) is 11.5 Å². The van der Waals surface area contributed by atoms with Gasteiger partial charge in [0, 0.05) is 5.02 Å². The SMILES string of the molecule is Cc1cc(OCC(=O)N/N=C\c2ccc(OC(F)F)cc2)ccc1Cl. The standard InChI is InChI=1S/C17H15ClF2N2O3/c1-11-8-14(6-7-15(11)18)24-10-16(23)22-21-9-12-2-4-13(5-3-12)25-17(19)20/h2-9,17H,10H2,1H3,(H,22,23)/b21-9-. The van der Waals surface area contributed by atoms with Crippen LogP contribution in [0, 0.1) is 6.92 Å².